The summed E-state index contributed by atoms with van der Waals surface area (Å²) in [6.45, 7) is 5.22. The smallest absolute Gasteiger partial charge is 0.123 e. The van der Waals surface area contributed by atoms with E-state index in [4.69, 9.17) is 11.6 Å². The summed E-state index contributed by atoms with van der Waals surface area (Å²) in [6, 6.07) is 5.32. The summed E-state index contributed by atoms with van der Waals surface area (Å²) in [5, 5.41) is 0. The fraction of sp³-hybridized carbons (Fsp3) is 0.538. The number of hydrogen-bond acceptors (Lipinski definition) is 2. The van der Waals surface area contributed by atoms with Gasteiger partial charge in [-0.3, -0.25) is 0 Å². The van der Waals surface area contributed by atoms with Gasteiger partial charge in [0.2, 0.25) is 0 Å². The van der Waals surface area contributed by atoms with Gasteiger partial charge in [-0.15, -0.1) is 11.6 Å². The first kappa shape index (κ1) is 12.7. The van der Waals surface area contributed by atoms with Crippen molar-refractivity contribution in [2.45, 2.75) is 18.8 Å². The third kappa shape index (κ3) is 2.72. The SMILES string of the molecule is CC1CN(C)CCN1c1ccc(F)cc1CCl. The molecule has 2 nitrogen and oxygen atoms in total. The molecular formula is C13H18ClFN2. The number of halogens is 2. The molecule has 0 N–H and O–H groups in total. The van der Waals surface area contributed by atoms with Gasteiger partial charge in [-0.2, -0.15) is 0 Å². The molecule has 1 aliphatic heterocycles. The number of hydrogen-bond donors (Lipinski definition) is 0. The first-order valence-corrected chi connectivity index (χ1v) is 6.45. The predicted octanol–water partition coefficient (Wildman–Crippen LogP) is 2.70. The van der Waals surface area contributed by atoms with E-state index in [1.165, 1.54) is 12.1 Å². The standard InChI is InChI=1S/C13H18ClFN2/c1-10-9-16(2)5-6-17(10)13-4-3-12(15)7-11(13)8-14/h3-4,7,10H,5-6,8-9H2,1-2H3. The molecule has 2 rings (SSSR count). The van der Waals surface area contributed by atoms with Gasteiger partial charge in [-0.1, -0.05) is 0 Å². The van der Waals surface area contributed by atoms with E-state index in [1.807, 2.05) is 6.07 Å². The molecule has 17 heavy (non-hydrogen) atoms. The van der Waals surface area contributed by atoms with Crippen LogP contribution in [0.1, 0.15) is 12.5 Å². The molecule has 1 saturated heterocycles. The Morgan fingerprint density at radius 1 is 1.41 bits per heavy atom. The van der Waals surface area contributed by atoms with Gasteiger partial charge in [-0.25, -0.2) is 4.39 Å². The Morgan fingerprint density at radius 3 is 2.82 bits per heavy atom. The quantitative estimate of drug-likeness (QED) is 0.751. The summed E-state index contributed by atoms with van der Waals surface area (Å²) < 4.78 is 13.2. The summed E-state index contributed by atoms with van der Waals surface area (Å²) in [6.07, 6.45) is 0. The Labute approximate surface area is 107 Å². The molecule has 0 aliphatic carbocycles. The van der Waals surface area contributed by atoms with Crippen molar-refractivity contribution >= 4 is 17.3 Å². The van der Waals surface area contributed by atoms with Gasteiger partial charge in [0.25, 0.3) is 0 Å². The molecule has 0 bridgehead atoms. The van der Waals surface area contributed by atoms with Crippen LogP contribution in [0.3, 0.4) is 0 Å². The van der Waals surface area contributed by atoms with E-state index in [1.54, 1.807) is 0 Å². The number of anilines is 1. The number of nitrogens with zero attached hydrogens (tertiary/aromatic N) is 2. The molecule has 0 amide bonds. The van der Waals surface area contributed by atoms with Crippen LogP contribution in [0.5, 0.6) is 0 Å². The lowest BCUT2D eigenvalue weighted by Gasteiger charge is -2.40. The van der Waals surface area contributed by atoms with Crippen molar-refractivity contribution in [1.29, 1.82) is 0 Å². The molecule has 1 atom stereocenters. The second-order valence-corrected chi connectivity index (χ2v) is 4.98. The van der Waals surface area contributed by atoms with Crippen LogP contribution in [-0.4, -0.2) is 37.6 Å². The lowest BCUT2D eigenvalue weighted by molar-refractivity contribution is 0.275. The molecule has 4 heteroatoms. The zero-order valence-corrected chi connectivity index (χ0v) is 11.0. The van der Waals surface area contributed by atoms with Crippen molar-refractivity contribution in [3.63, 3.8) is 0 Å². The molecule has 1 aromatic carbocycles. The fourth-order valence-electron chi connectivity index (χ4n) is 2.44. The topological polar surface area (TPSA) is 6.48 Å². The summed E-state index contributed by atoms with van der Waals surface area (Å²) >= 11 is 5.90. The van der Waals surface area contributed by atoms with Crippen LogP contribution in [0.25, 0.3) is 0 Å². The van der Waals surface area contributed by atoms with Gasteiger partial charge in [0.1, 0.15) is 5.82 Å². The monoisotopic (exact) mass is 256 g/mol. The molecule has 0 radical (unpaired) electrons. The molecule has 1 aliphatic rings. The molecule has 0 spiro atoms. The lowest BCUT2D eigenvalue weighted by atomic mass is 10.1. The van der Waals surface area contributed by atoms with Crippen LogP contribution < -0.4 is 4.90 Å². The zero-order valence-electron chi connectivity index (χ0n) is 10.3. The normalized spacial score (nSPS) is 21.9. The van der Waals surface area contributed by atoms with E-state index in [0.29, 0.717) is 11.9 Å². The number of alkyl halides is 1. The summed E-state index contributed by atoms with van der Waals surface area (Å²) in [5.41, 5.74) is 1.95. The second kappa shape index (κ2) is 5.23. The van der Waals surface area contributed by atoms with E-state index in [0.717, 1.165) is 30.9 Å². The van der Waals surface area contributed by atoms with Crippen LogP contribution in [0.4, 0.5) is 10.1 Å². The minimum absolute atomic E-state index is 0.216. The first-order chi connectivity index (χ1) is 8.11. The zero-order chi connectivity index (χ0) is 12.4. The maximum absolute atomic E-state index is 13.2. The minimum Gasteiger partial charge on any atom is -0.366 e. The Morgan fingerprint density at radius 2 is 2.18 bits per heavy atom. The highest BCUT2D eigenvalue weighted by molar-refractivity contribution is 6.17. The average Bonchev–Trinajstić information content (AvgIpc) is 2.30. The third-order valence-electron chi connectivity index (χ3n) is 3.33. The van der Waals surface area contributed by atoms with E-state index < -0.39 is 0 Å². The third-order valence-corrected chi connectivity index (χ3v) is 3.61. The summed E-state index contributed by atoms with van der Waals surface area (Å²) in [5.74, 6) is 0.137. The second-order valence-electron chi connectivity index (χ2n) is 4.71. The number of rotatable bonds is 2. The van der Waals surface area contributed by atoms with E-state index in [9.17, 15) is 4.39 Å². The number of benzene rings is 1. The maximum atomic E-state index is 13.2. The van der Waals surface area contributed by atoms with Crippen molar-refractivity contribution in [2.75, 3.05) is 31.6 Å². The molecule has 0 aromatic heterocycles. The van der Waals surface area contributed by atoms with E-state index >= 15 is 0 Å². The maximum Gasteiger partial charge on any atom is 0.123 e. The van der Waals surface area contributed by atoms with Crippen LogP contribution in [0.2, 0.25) is 0 Å². The highest BCUT2D eigenvalue weighted by Crippen LogP contribution is 2.26. The highest BCUT2D eigenvalue weighted by atomic mass is 35.5. The molecule has 1 unspecified atom stereocenters. The summed E-state index contributed by atoms with van der Waals surface area (Å²) in [7, 11) is 2.13. The van der Waals surface area contributed by atoms with E-state index in [2.05, 4.69) is 23.8 Å². The molecule has 1 fully saturated rings. The van der Waals surface area contributed by atoms with Gasteiger partial charge < -0.3 is 9.80 Å². The van der Waals surface area contributed by atoms with Crippen molar-refractivity contribution in [2.24, 2.45) is 0 Å². The van der Waals surface area contributed by atoms with Crippen LogP contribution in [-0.2, 0) is 5.88 Å². The summed E-state index contributed by atoms with van der Waals surface area (Å²) in [4.78, 5) is 4.63. The fourth-order valence-corrected chi connectivity index (χ4v) is 2.65. The Bertz CT molecular complexity index is 397. The first-order valence-electron chi connectivity index (χ1n) is 5.91. The molecule has 1 heterocycles. The van der Waals surface area contributed by atoms with Crippen molar-refractivity contribution in [3.8, 4) is 0 Å². The Balaban J connectivity index is 2.27. The number of likely N-dealkylation sites (N-methyl/N-ethyl adjacent to an activating group) is 1. The molecule has 1 aromatic rings. The van der Waals surface area contributed by atoms with Crippen LogP contribution in [0, 0.1) is 5.82 Å². The van der Waals surface area contributed by atoms with Gasteiger partial charge in [0, 0.05) is 37.2 Å². The number of piperazine rings is 1. The van der Waals surface area contributed by atoms with Gasteiger partial charge >= 0.3 is 0 Å². The molecular weight excluding hydrogens is 239 g/mol. The Kier molecular flexibility index (Phi) is 3.89. The van der Waals surface area contributed by atoms with Crippen LogP contribution in [0.15, 0.2) is 18.2 Å². The largest absolute Gasteiger partial charge is 0.366 e. The minimum atomic E-state index is -0.216. The van der Waals surface area contributed by atoms with Gasteiger partial charge in [0.05, 0.1) is 0 Å². The van der Waals surface area contributed by atoms with Gasteiger partial charge in [0.15, 0.2) is 0 Å². The predicted molar refractivity (Wildman–Crippen MR) is 70.3 cm³/mol. The Hall–Kier alpha value is -0.800. The van der Waals surface area contributed by atoms with Crippen molar-refractivity contribution in [3.05, 3.63) is 29.6 Å². The van der Waals surface area contributed by atoms with Crippen LogP contribution >= 0.6 is 11.6 Å². The van der Waals surface area contributed by atoms with Crippen molar-refractivity contribution in [1.82, 2.24) is 4.90 Å². The molecule has 0 saturated carbocycles. The van der Waals surface area contributed by atoms with Gasteiger partial charge in [-0.05, 0) is 37.7 Å². The molecule has 94 valence electrons. The highest BCUT2D eigenvalue weighted by Gasteiger charge is 2.23. The van der Waals surface area contributed by atoms with Crippen molar-refractivity contribution < 1.29 is 4.39 Å². The van der Waals surface area contributed by atoms with E-state index in [-0.39, 0.29) is 5.82 Å². The average molecular weight is 257 g/mol. The lowest BCUT2D eigenvalue weighted by Crippen LogP contribution is -2.50.